The lowest BCUT2D eigenvalue weighted by Crippen LogP contribution is -2.07. The van der Waals surface area contributed by atoms with Crippen molar-refractivity contribution in [2.45, 2.75) is 6.92 Å². The van der Waals surface area contributed by atoms with E-state index >= 15 is 0 Å². The van der Waals surface area contributed by atoms with Gasteiger partial charge in [0.15, 0.2) is 0 Å². The van der Waals surface area contributed by atoms with Crippen molar-refractivity contribution < 1.29 is 4.79 Å². The van der Waals surface area contributed by atoms with Crippen LogP contribution in [0.15, 0.2) is 48.7 Å². The van der Waals surface area contributed by atoms with Gasteiger partial charge in [0.1, 0.15) is 0 Å². The predicted octanol–water partition coefficient (Wildman–Crippen LogP) is 2.63. The lowest BCUT2D eigenvalue weighted by Gasteiger charge is -2.01. The molecule has 0 aliphatic carbocycles. The van der Waals surface area contributed by atoms with E-state index in [2.05, 4.69) is 15.5 Å². The number of hydrogen-bond donors (Lipinski definition) is 2. The Hall–Kier alpha value is -2.36. The molecule has 0 unspecified atom stereocenters. The summed E-state index contributed by atoms with van der Waals surface area (Å²) in [6, 6.07) is 5.59. The van der Waals surface area contributed by atoms with E-state index in [0.717, 1.165) is 16.6 Å². The van der Waals surface area contributed by atoms with Gasteiger partial charge in [-0.15, -0.1) is 0 Å². The minimum Gasteiger partial charge on any atom is -0.322 e. The third-order valence-electron chi connectivity index (χ3n) is 2.26. The number of aromatic amines is 1. The summed E-state index contributed by atoms with van der Waals surface area (Å²) in [6.45, 7) is 1.90. The zero-order valence-corrected chi connectivity index (χ0v) is 9.47. The van der Waals surface area contributed by atoms with Gasteiger partial charge in [0.05, 0.1) is 11.7 Å². The lowest BCUT2D eigenvalue weighted by atomic mass is 10.2. The number of benzene rings is 1. The molecule has 4 nitrogen and oxygen atoms in total. The number of rotatable bonds is 3. The molecule has 1 aromatic carbocycles. The van der Waals surface area contributed by atoms with Gasteiger partial charge in [-0.3, -0.25) is 9.89 Å². The van der Waals surface area contributed by atoms with Crippen LogP contribution < -0.4 is 5.32 Å². The van der Waals surface area contributed by atoms with Crippen LogP contribution in [-0.2, 0) is 4.79 Å². The van der Waals surface area contributed by atoms with Gasteiger partial charge in [0.2, 0.25) is 5.91 Å². The van der Waals surface area contributed by atoms with Crippen LogP contribution in [0.3, 0.4) is 0 Å². The summed E-state index contributed by atoms with van der Waals surface area (Å²) in [7, 11) is 0. The molecule has 0 saturated heterocycles. The summed E-state index contributed by atoms with van der Waals surface area (Å²) in [5.74, 6) is -0.147. The Morgan fingerprint density at radius 2 is 2.29 bits per heavy atom. The molecule has 86 valence electrons. The molecule has 0 aliphatic rings. The summed E-state index contributed by atoms with van der Waals surface area (Å²) in [5.41, 5.74) is 1.71. The Kier molecular flexibility index (Phi) is 3.35. The second-order valence-corrected chi connectivity index (χ2v) is 3.55. The van der Waals surface area contributed by atoms with E-state index < -0.39 is 0 Å². The van der Waals surface area contributed by atoms with Gasteiger partial charge >= 0.3 is 0 Å². The van der Waals surface area contributed by atoms with Crippen LogP contribution in [0.1, 0.15) is 6.92 Å². The zero-order valence-electron chi connectivity index (χ0n) is 9.47. The number of allylic oxidation sites excluding steroid dienone is 3. The van der Waals surface area contributed by atoms with E-state index in [1.54, 1.807) is 18.3 Å². The number of hydrogen-bond acceptors (Lipinski definition) is 2. The number of nitrogens with one attached hydrogen (secondary N) is 2. The van der Waals surface area contributed by atoms with Crippen molar-refractivity contribution in [1.82, 2.24) is 10.2 Å². The molecular weight excluding hydrogens is 214 g/mol. The number of nitrogens with zero attached hydrogens (tertiary/aromatic N) is 1. The summed E-state index contributed by atoms with van der Waals surface area (Å²) in [5, 5.41) is 10.5. The molecule has 0 bridgehead atoms. The maximum atomic E-state index is 11.5. The van der Waals surface area contributed by atoms with E-state index in [-0.39, 0.29) is 5.91 Å². The van der Waals surface area contributed by atoms with E-state index in [1.807, 2.05) is 31.2 Å². The fourth-order valence-corrected chi connectivity index (χ4v) is 1.46. The van der Waals surface area contributed by atoms with Crippen molar-refractivity contribution >= 4 is 22.5 Å². The molecule has 0 fully saturated rings. The Morgan fingerprint density at radius 3 is 3.12 bits per heavy atom. The van der Waals surface area contributed by atoms with Gasteiger partial charge < -0.3 is 5.32 Å². The van der Waals surface area contributed by atoms with Gasteiger partial charge in [-0.25, -0.2) is 0 Å². The molecule has 0 radical (unpaired) electrons. The average molecular weight is 227 g/mol. The van der Waals surface area contributed by atoms with Gasteiger partial charge in [0, 0.05) is 17.1 Å². The molecule has 0 atom stereocenters. The maximum absolute atomic E-state index is 11.5. The zero-order chi connectivity index (χ0) is 12.1. The first-order valence-corrected chi connectivity index (χ1v) is 5.33. The quantitative estimate of drug-likeness (QED) is 0.625. The van der Waals surface area contributed by atoms with Crippen molar-refractivity contribution in [3.63, 3.8) is 0 Å². The second-order valence-electron chi connectivity index (χ2n) is 3.55. The fourth-order valence-electron chi connectivity index (χ4n) is 1.46. The van der Waals surface area contributed by atoms with Crippen molar-refractivity contribution in [3.05, 3.63) is 48.7 Å². The SMILES string of the molecule is C/C=C/C=C/C(=O)Nc1ccc2[nH]ncc2c1. The largest absolute Gasteiger partial charge is 0.322 e. The first-order chi connectivity index (χ1) is 8.29. The fraction of sp³-hybridized carbons (Fsp3) is 0.0769. The Bertz CT molecular complexity index is 581. The highest BCUT2D eigenvalue weighted by atomic mass is 16.1. The molecule has 2 aromatic rings. The summed E-state index contributed by atoms with van der Waals surface area (Å²) in [4.78, 5) is 11.5. The van der Waals surface area contributed by atoms with E-state index in [1.165, 1.54) is 6.08 Å². The van der Waals surface area contributed by atoms with Crippen molar-refractivity contribution in [3.8, 4) is 0 Å². The van der Waals surface area contributed by atoms with Crippen molar-refractivity contribution in [2.24, 2.45) is 0 Å². The van der Waals surface area contributed by atoms with Gasteiger partial charge in [-0.1, -0.05) is 18.2 Å². The van der Waals surface area contributed by atoms with Gasteiger partial charge in [0.25, 0.3) is 0 Å². The number of carbonyl (C=O) groups excluding carboxylic acids is 1. The molecular formula is C13H13N3O. The van der Waals surface area contributed by atoms with Crippen LogP contribution >= 0.6 is 0 Å². The first kappa shape index (κ1) is 11.1. The summed E-state index contributed by atoms with van der Waals surface area (Å²) >= 11 is 0. The standard InChI is InChI=1S/C13H13N3O/c1-2-3-4-5-13(17)15-11-6-7-12-10(8-11)9-14-16-12/h2-9H,1H3,(H,14,16)(H,15,17)/b3-2+,5-4+. The summed E-state index contributed by atoms with van der Waals surface area (Å²) in [6.07, 6.45) is 8.58. The molecule has 17 heavy (non-hydrogen) atoms. The number of H-pyrrole nitrogens is 1. The van der Waals surface area contributed by atoms with Crippen molar-refractivity contribution in [2.75, 3.05) is 5.32 Å². The molecule has 0 saturated carbocycles. The minimum absolute atomic E-state index is 0.147. The number of fused-ring (bicyclic) bond motifs is 1. The third kappa shape index (κ3) is 2.81. The topological polar surface area (TPSA) is 57.8 Å². The maximum Gasteiger partial charge on any atom is 0.248 e. The highest BCUT2D eigenvalue weighted by Gasteiger charge is 2.00. The Morgan fingerprint density at radius 1 is 1.41 bits per heavy atom. The number of amides is 1. The van der Waals surface area contributed by atoms with Gasteiger partial charge in [-0.2, -0.15) is 5.10 Å². The minimum atomic E-state index is -0.147. The highest BCUT2D eigenvalue weighted by Crippen LogP contribution is 2.16. The molecule has 1 amide bonds. The summed E-state index contributed by atoms with van der Waals surface area (Å²) < 4.78 is 0. The predicted molar refractivity (Wildman–Crippen MR) is 68.7 cm³/mol. The number of carbonyl (C=O) groups is 1. The monoisotopic (exact) mass is 227 g/mol. The molecule has 4 heteroatoms. The molecule has 0 spiro atoms. The van der Waals surface area contributed by atoms with Crippen LogP contribution in [0.2, 0.25) is 0 Å². The van der Waals surface area contributed by atoms with Crippen LogP contribution in [0.5, 0.6) is 0 Å². The van der Waals surface area contributed by atoms with Crippen LogP contribution in [0.25, 0.3) is 10.9 Å². The van der Waals surface area contributed by atoms with E-state index in [9.17, 15) is 4.79 Å². The number of anilines is 1. The smallest absolute Gasteiger partial charge is 0.248 e. The lowest BCUT2D eigenvalue weighted by molar-refractivity contribution is -0.111. The molecule has 1 heterocycles. The first-order valence-electron chi connectivity index (χ1n) is 5.33. The van der Waals surface area contributed by atoms with E-state index in [4.69, 9.17) is 0 Å². The Labute approximate surface area is 99.0 Å². The van der Waals surface area contributed by atoms with Crippen LogP contribution in [-0.4, -0.2) is 16.1 Å². The van der Waals surface area contributed by atoms with Gasteiger partial charge in [-0.05, 0) is 25.1 Å². The molecule has 1 aromatic heterocycles. The molecule has 2 rings (SSSR count). The molecule has 2 N–H and O–H groups in total. The highest BCUT2D eigenvalue weighted by molar-refractivity contribution is 6.00. The van der Waals surface area contributed by atoms with Crippen molar-refractivity contribution in [1.29, 1.82) is 0 Å². The second kappa shape index (κ2) is 5.12. The van der Waals surface area contributed by atoms with E-state index in [0.29, 0.717) is 0 Å². The average Bonchev–Trinajstić information content (AvgIpc) is 2.76. The third-order valence-corrected chi connectivity index (χ3v) is 2.26. The van der Waals surface area contributed by atoms with Crippen LogP contribution in [0.4, 0.5) is 5.69 Å². The molecule has 0 aliphatic heterocycles. The van der Waals surface area contributed by atoms with Crippen LogP contribution in [0, 0.1) is 0 Å². The number of aromatic nitrogens is 2. The normalized spacial score (nSPS) is 11.6. The Balaban J connectivity index is 2.10.